The van der Waals surface area contributed by atoms with Crippen LogP contribution >= 0.6 is 0 Å². The van der Waals surface area contributed by atoms with Gasteiger partial charge in [-0.25, -0.2) is 0 Å². The van der Waals surface area contributed by atoms with E-state index in [0.717, 1.165) is 5.70 Å². The summed E-state index contributed by atoms with van der Waals surface area (Å²) in [4.78, 5) is 4.20. The number of rotatable bonds is 3. The zero-order valence-electron chi connectivity index (χ0n) is 7.89. The van der Waals surface area contributed by atoms with E-state index in [0.29, 0.717) is 5.92 Å². The average molecular weight is 151 g/mol. The van der Waals surface area contributed by atoms with Crippen molar-refractivity contribution in [3.05, 3.63) is 23.9 Å². The molecular formula is C10H17N. The lowest BCUT2D eigenvalue weighted by Gasteiger charge is -2.07. The molecule has 0 amide bonds. The lowest BCUT2D eigenvalue weighted by atomic mass is 10.0. The van der Waals surface area contributed by atoms with Crippen molar-refractivity contribution < 1.29 is 0 Å². The molecule has 0 aromatic rings. The quantitative estimate of drug-likeness (QED) is 0.434. The molecule has 0 rings (SSSR count). The Balaban J connectivity index is 4.67. The molecule has 0 radical (unpaired) electrons. The van der Waals surface area contributed by atoms with Gasteiger partial charge in [-0.1, -0.05) is 26.5 Å². The van der Waals surface area contributed by atoms with E-state index in [1.54, 1.807) is 6.21 Å². The average Bonchev–Trinajstić information content (AvgIpc) is 1.88. The lowest BCUT2D eigenvalue weighted by molar-refractivity contribution is 0.778. The van der Waals surface area contributed by atoms with E-state index in [2.05, 4.69) is 25.4 Å². The van der Waals surface area contributed by atoms with Crippen LogP contribution < -0.4 is 0 Å². The van der Waals surface area contributed by atoms with Crippen LogP contribution in [-0.4, -0.2) is 6.21 Å². The molecule has 0 aromatic carbocycles. The van der Waals surface area contributed by atoms with Crippen LogP contribution in [0.25, 0.3) is 0 Å². The molecule has 0 spiro atoms. The molecule has 0 heterocycles. The van der Waals surface area contributed by atoms with E-state index in [4.69, 9.17) is 0 Å². The topological polar surface area (TPSA) is 12.4 Å². The molecule has 0 bridgehead atoms. The minimum absolute atomic E-state index is 0.510. The van der Waals surface area contributed by atoms with Crippen LogP contribution in [0.1, 0.15) is 27.7 Å². The molecule has 62 valence electrons. The first kappa shape index (κ1) is 10.2. The van der Waals surface area contributed by atoms with Crippen molar-refractivity contribution in [2.45, 2.75) is 27.7 Å². The Labute approximate surface area is 69.5 Å². The Morgan fingerprint density at radius 3 is 2.27 bits per heavy atom. The summed E-state index contributed by atoms with van der Waals surface area (Å²) in [7, 11) is 0. The molecule has 0 N–H and O–H groups in total. The van der Waals surface area contributed by atoms with Gasteiger partial charge < -0.3 is 0 Å². The van der Waals surface area contributed by atoms with Crippen LogP contribution in [0.15, 0.2) is 28.9 Å². The number of nitrogens with zero attached hydrogens (tertiary/aromatic N) is 1. The normalized spacial score (nSPS) is 13.9. The van der Waals surface area contributed by atoms with Gasteiger partial charge in [0.15, 0.2) is 0 Å². The summed E-state index contributed by atoms with van der Waals surface area (Å²) in [5.74, 6) is 0.510. The Morgan fingerprint density at radius 1 is 1.45 bits per heavy atom. The molecule has 11 heavy (non-hydrogen) atoms. The largest absolute Gasteiger partial charge is 0.266 e. The Bertz CT molecular complexity index is 185. The lowest BCUT2D eigenvalue weighted by Crippen LogP contribution is -1.93. The Morgan fingerprint density at radius 2 is 2.00 bits per heavy atom. The van der Waals surface area contributed by atoms with E-state index in [1.165, 1.54) is 5.57 Å². The van der Waals surface area contributed by atoms with Gasteiger partial charge in [-0.15, -0.1) is 0 Å². The summed E-state index contributed by atoms with van der Waals surface area (Å²) >= 11 is 0. The Kier molecular flexibility index (Phi) is 4.51. The molecule has 0 aliphatic rings. The molecule has 1 nitrogen and oxygen atoms in total. The van der Waals surface area contributed by atoms with Gasteiger partial charge in [-0.05, 0) is 25.3 Å². The van der Waals surface area contributed by atoms with Gasteiger partial charge in [-0.2, -0.15) is 0 Å². The predicted molar refractivity (Wildman–Crippen MR) is 51.9 cm³/mol. The highest BCUT2D eigenvalue weighted by Crippen LogP contribution is 2.15. The monoisotopic (exact) mass is 151 g/mol. The van der Waals surface area contributed by atoms with E-state index in [9.17, 15) is 0 Å². The zero-order chi connectivity index (χ0) is 8.85. The maximum absolute atomic E-state index is 4.20. The van der Waals surface area contributed by atoms with E-state index >= 15 is 0 Å². The molecule has 0 aliphatic heterocycles. The first-order chi connectivity index (χ1) is 5.13. The summed E-state index contributed by atoms with van der Waals surface area (Å²) in [6.07, 6.45) is 3.69. The van der Waals surface area contributed by atoms with E-state index in [1.807, 2.05) is 19.9 Å². The Hall–Kier alpha value is -0.850. The summed E-state index contributed by atoms with van der Waals surface area (Å²) in [6, 6.07) is 0. The number of allylic oxidation sites excluding steroid dienone is 3. The van der Waals surface area contributed by atoms with Crippen molar-refractivity contribution in [1.29, 1.82) is 0 Å². The molecule has 0 unspecified atom stereocenters. The van der Waals surface area contributed by atoms with Crippen LogP contribution in [0.5, 0.6) is 0 Å². The fraction of sp³-hybridized carbons (Fsp3) is 0.500. The van der Waals surface area contributed by atoms with Crippen molar-refractivity contribution in [1.82, 2.24) is 0 Å². The van der Waals surface area contributed by atoms with Crippen LogP contribution in [0.4, 0.5) is 0 Å². The summed E-state index contributed by atoms with van der Waals surface area (Å²) in [6.45, 7) is 12.0. The van der Waals surface area contributed by atoms with Crippen LogP contribution in [0.2, 0.25) is 0 Å². The third-order valence-electron chi connectivity index (χ3n) is 1.58. The van der Waals surface area contributed by atoms with Crippen molar-refractivity contribution in [2.24, 2.45) is 10.9 Å². The molecule has 0 fully saturated rings. The van der Waals surface area contributed by atoms with Gasteiger partial charge >= 0.3 is 0 Å². The molecule has 0 saturated heterocycles. The van der Waals surface area contributed by atoms with Crippen LogP contribution in [0, 0.1) is 5.92 Å². The second-order valence-electron chi connectivity index (χ2n) is 2.79. The fourth-order valence-electron chi connectivity index (χ4n) is 1.07. The maximum Gasteiger partial charge on any atom is 0.0402 e. The number of hydrogen-bond donors (Lipinski definition) is 0. The predicted octanol–water partition coefficient (Wildman–Crippen LogP) is 3.19. The third kappa shape index (κ3) is 3.17. The molecule has 1 heteroatoms. The van der Waals surface area contributed by atoms with Crippen molar-refractivity contribution >= 4 is 6.21 Å². The molecule has 0 aliphatic carbocycles. The SMILES string of the molecule is C=C/C(=C(\C)N=CC)C(C)C. The second-order valence-corrected chi connectivity index (χ2v) is 2.79. The van der Waals surface area contributed by atoms with Gasteiger partial charge in [0.2, 0.25) is 0 Å². The van der Waals surface area contributed by atoms with Gasteiger partial charge in [0.25, 0.3) is 0 Å². The highest BCUT2D eigenvalue weighted by Gasteiger charge is 2.01. The summed E-state index contributed by atoms with van der Waals surface area (Å²) in [5.41, 5.74) is 2.29. The number of aliphatic imine (C=N–C) groups is 1. The van der Waals surface area contributed by atoms with E-state index in [-0.39, 0.29) is 0 Å². The zero-order valence-corrected chi connectivity index (χ0v) is 7.89. The van der Waals surface area contributed by atoms with Gasteiger partial charge in [0.05, 0.1) is 0 Å². The van der Waals surface area contributed by atoms with Gasteiger partial charge in [0, 0.05) is 11.9 Å². The van der Waals surface area contributed by atoms with E-state index < -0.39 is 0 Å². The van der Waals surface area contributed by atoms with Crippen molar-refractivity contribution in [3.63, 3.8) is 0 Å². The third-order valence-corrected chi connectivity index (χ3v) is 1.58. The molecule has 0 aromatic heterocycles. The first-order valence-corrected chi connectivity index (χ1v) is 3.95. The van der Waals surface area contributed by atoms with Crippen LogP contribution in [0.3, 0.4) is 0 Å². The summed E-state index contributed by atoms with van der Waals surface area (Å²) in [5, 5.41) is 0. The first-order valence-electron chi connectivity index (χ1n) is 3.95. The highest BCUT2D eigenvalue weighted by atomic mass is 14.7. The molecule has 0 atom stereocenters. The van der Waals surface area contributed by atoms with Crippen LogP contribution in [-0.2, 0) is 0 Å². The van der Waals surface area contributed by atoms with Crippen molar-refractivity contribution in [3.8, 4) is 0 Å². The smallest absolute Gasteiger partial charge is 0.0402 e. The molecular weight excluding hydrogens is 134 g/mol. The minimum atomic E-state index is 0.510. The molecule has 0 saturated carbocycles. The highest BCUT2D eigenvalue weighted by molar-refractivity contribution is 5.55. The van der Waals surface area contributed by atoms with Gasteiger partial charge in [-0.3, -0.25) is 4.99 Å². The van der Waals surface area contributed by atoms with Crippen molar-refractivity contribution in [2.75, 3.05) is 0 Å². The number of hydrogen-bond acceptors (Lipinski definition) is 1. The minimum Gasteiger partial charge on any atom is -0.266 e. The van der Waals surface area contributed by atoms with Gasteiger partial charge in [0.1, 0.15) is 0 Å². The second kappa shape index (κ2) is 4.89. The fourth-order valence-corrected chi connectivity index (χ4v) is 1.07. The maximum atomic E-state index is 4.20. The standard InChI is InChI=1S/C10H17N/c1-6-10(8(3)4)9(5)11-7-2/h6-8H,1H2,2-5H3/b10-9-,11-7?. The summed E-state index contributed by atoms with van der Waals surface area (Å²) < 4.78 is 0.